The third-order valence-electron chi connectivity index (χ3n) is 1.98. The van der Waals surface area contributed by atoms with Gasteiger partial charge in [0.25, 0.3) is 0 Å². The van der Waals surface area contributed by atoms with E-state index in [-0.39, 0.29) is 0 Å². The molecule has 0 unspecified atom stereocenters. The van der Waals surface area contributed by atoms with Crippen LogP contribution in [0.5, 0.6) is 0 Å². The third-order valence-corrected chi connectivity index (χ3v) is 1.98. The van der Waals surface area contributed by atoms with Gasteiger partial charge >= 0.3 is 0 Å². The van der Waals surface area contributed by atoms with Crippen LogP contribution < -0.4 is 0 Å². The molecule has 1 rings (SSSR count). The Hall–Kier alpha value is -0.660. The maximum Gasteiger partial charge on any atom is 0.0896 e. The van der Waals surface area contributed by atoms with Crippen LogP contribution in [-0.4, -0.2) is 24.0 Å². The summed E-state index contributed by atoms with van der Waals surface area (Å²) in [6, 6.07) is 0.337. The zero-order chi connectivity index (χ0) is 8.43. The monoisotopic (exact) mass is 152 g/mol. The second-order valence-electron chi connectivity index (χ2n) is 3.51. The molecule has 0 bridgehead atoms. The van der Waals surface area contributed by atoms with Crippen molar-refractivity contribution >= 4 is 11.4 Å². The fourth-order valence-corrected chi connectivity index (χ4v) is 1.34. The number of rotatable bonds is 1. The van der Waals surface area contributed by atoms with Gasteiger partial charge in [0, 0.05) is 11.4 Å². The summed E-state index contributed by atoms with van der Waals surface area (Å²) in [6.07, 6.45) is 0. The van der Waals surface area contributed by atoms with Crippen molar-refractivity contribution in [2.45, 2.75) is 33.7 Å². The first-order chi connectivity index (χ1) is 5.11. The zero-order valence-corrected chi connectivity index (χ0v) is 7.76. The molecule has 0 saturated carbocycles. The molecular weight excluding hydrogens is 136 g/mol. The molecular formula is C9H16N2. The SMILES string of the molecule is CC1=N[C@H](C(C)C)C(C)=NC1. The van der Waals surface area contributed by atoms with Gasteiger partial charge in [-0.2, -0.15) is 0 Å². The predicted octanol–water partition coefficient (Wildman–Crippen LogP) is 1.95. The van der Waals surface area contributed by atoms with Crippen molar-refractivity contribution in [1.82, 2.24) is 0 Å². The van der Waals surface area contributed by atoms with E-state index in [0.29, 0.717) is 12.0 Å². The molecule has 0 aliphatic carbocycles. The molecule has 1 aliphatic rings. The molecule has 0 radical (unpaired) electrons. The Kier molecular flexibility index (Phi) is 2.42. The van der Waals surface area contributed by atoms with Crippen molar-refractivity contribution in [3.05, 3.63) is 0 Å². The lowest BCUT2D eigenvalue weighted by molar-refractivity contribution is 0.589. The molecule has 2 nitrogen and oxygen atoms in total. The van der Waals surface area contributed by atoms with Crippen LogP contribution in [0.1, 0.15) is 27.7 Å². The molecule has 1 heterocycles. The summed E-state index contributed by atoms with van der Waals surface area (Å²) in [5.41, 5.74) is 2.35. The second-order valence-corrected chi connectivity index (χ2v) is 3.51. The molecule has 2 heteroatoms. The minimum absolute atomic E-state index is 0.337. The van der Waals surface area contributed by atoms with Crippen LogP contribution in [-0.2, 0) is 0 Å². The largest absolute Gasteiger partial charge is 0.286 e. The Morgan fingerprint density at radius 1 is 1.36 bits per heavy atom. The van der Waals surface area contributed by atoms with E-state index < -0.39 is 0 Å². The lowest BCUT2D eigenvalue weighted by Gasteiger charge is -2.20. The first-order valence-corrected chi connectivity index (χ1v) is 4.15. The van der Waals surface area contributed by atoms with E-state index >= 15 is 0 Å². The highest BCUT2D eigenvalue weighted by molar-refractivity contribution is 5.97. The van der Waals surface area contributed by atoms with Crippen LogP contribution in [0.15, 0.2) is 9.98 Å². The standard InChI is InChI=1S/C9H16N2/c1-6(2)9-8(4)10-5-7(3)11-9/h6,9H,5H2,1-4H3/t9-/m1/s1. The maximum atomic E-state index is 4.55. The molecule has 0 saturated heterocycles. The Labute approximate surface area is 68.4 Å². The molecule has 11 heavy (non-hydrogen) atoms. The number of nitrogens with zero attached hydrogens (tertiary/aromatic N) is 2. The van der Waals surface area contributed by atoms with Crippen molar-refractivity contribution in [2.75, 3.05) is 6.54 Å². The van der Waals surface area contributed by atoms with Gasteiger partial charge in [0.2, 0.25) is 0 Å². The van der Waals surface area contributed by atoms with Crippen molar-refractivity contribution < 1.29 is 0 Å². The minimum Gasteiger partial charge on any atom is -0.286 e. The van der Waals surface area contributed by atoms with Gasteiger partial charge in [-0.05, 0) is 19.8 Å². The van der Waals surface area contributed by atoms with Gasteiger partial charge in [0.15, 0.2) is 0 Å². The van der Waals surface area contributed by atoms with Crippen molar-refractivity contribution in [3.8, 4) is 0 Å². The lowest BCUT2D eigenvalue weighted by atomic mass is 9.99. The highest BCUT2D eigenvalue weighted by Gasteiger charge is 2.17. The Morgan fingerprint density at radius 3 is 2.45 bits per heavy atom. The summed E-state index contributed by atoms with van der Waals surface area (Å²) in [4.78, 5) is 8.95. The van der Waals surface area contributed by atoms with Gasteiger partial charge in [0.05, 0.1) is 12.6 Å². The summed E-state index contributed by atoms with van der Waals surface area (Å²) in [7, 11) is 0. The first kappa shape index (κ1) is 8.44. The highest BCUT2D eigenvalue weighted by atomic mass is 14.9. The Balaban J connectivity index is 2.76. The smallest absolute Gasteiger partial charge is 0.0896 e. The molecule has 0 amide bonds. The molecule has 0 aromatic rings. The van der Waals surface area contributed by atoms with Crippen LogP contribution in [0.3, 0.4) is 0 Å². The van der Waals surface area contributed by atoms with E-state index in [1.54, 1.807) is 0 Å². The Bertz CT molecular complexity index is 202. The molecule has 0 spiro atoms. The van der Waals surface area contributed by atoms with Crippen LogP contribution in [0.25, 0.3) is 0 Å². The molecule has 62 valence electrons. The molecule has 1 atom stereocenters. The number of aliphatic imine (C=N–C) groups is 2. The van der Waals surface area contributed by atoms with Crippen molar-refractivity contribution in [1.29, 1.82) is 0 Å². The van der Waals surface area contributed by atoms with Gasteiger partial charge in [-0.3, -0.25) is 9.98 Å². The molecule has 0 aromatic carbocycles. The normalized spacial score (nSPS) is 25.0. The van der Waals surface area contributed by atoms with Crippen LogP contribution >= 0.6 is 0 Å². The summed E-state index contributed by atoms with van der Waals surface area (Å²) in [5, 5.41) is 0. The van der Waals surface area contributed by atoms with Gasteiger partial charge in [-0.1, -0.05) is 13.8 Å². The Morgan fingerprint density at radius 2 is 2.00 bits per heavy atom. The van der Waals surface area contributed by atoms with Crippen molar-refractivity contribution in [3.63, 3.8) is 0 Å². The van der Waals surface area contributed by atoms with E-state index in [1.165, 1.54) is 5.71 Å². The van der Waals surface area contributed by atoms with Crippen LogP contribution in [0.4, 0.5) is 0 Å². The predicted molar refractivity (Wildman–Crippen MR) is 49.7 cm³/mol. The molecule has 0 N–H and O–H groups in total. The average molecular weight is 152 g/mol. The van der Waals surface area contributed by atoms with E-state index in [9.17, 15) is 0 Å². The minimum atomic E-state index is 0.337. The quantitative estimate of drug-likeness (QED) is 0.548. The van der Waals surface area contributed by atoms with Gasteiger partial charge in [0.1, 0.15) is 0 Å². The summed E-state index contributed by atoms with van der Waals surface area (Å²) >= 11 is 0. The summed E-state index contributed by atoms with van der Waals surface area (Å²) in [6.45, 7) is 9.29. The highest BCUT2D eigenvalue weighted by Crippen LogP contribution is 2.12. The average Bonchev–Trinajstić information content (AvgIpc) is 1.94. The number of hydrogen-bond acceptors (Lipinski definition) is 2. The molecule has 0 fully saturated rings. The molecule has 1 aliphatic heterocycles. The van der Waals surface area contributed by atoms with Crippen LogP contribution in [0, 0.1) is 5.92 Å². The molecule has 0 aromatic heterocycles. The fraction of sp³-hybridized carbons (Fsp3) is 0.778. The fourth-order valence-electron chi connectivity index (χ4n) is 1.34. The van der Waals surface area contributed by atoms with Crippen LogP contribution in [0.2, 0.25) is 0 Å². The summed E-state index contributed by atoms with van der Waals surface area (Å²) < 4.78 is 0. The van der Waals surface area contributed by atoms with E-state index in [4.69, 9.17) is 0 Å². The van der Waals surface area contributed by atoms with Crippen molar-refractivity contribution in [2.24, 2.45) is 15.9 Å². The number of hydrogen-bond donors (Lipinski definition) is 0. The van der Waals surface area contributed by atoms with E-state index in [2.05, 4.69) is 30.8 Å². The van der Waals surface area contributed by atoms with E-state index in [0.717, 1.165) is 12.3 Å². The second kappa shape index (κ2) is 3.16. The van der Waals surface area contributed by atoms with Gasteiger partial charge in [-0.15, -0.1) is 0 Å². The van der Waals surface area contributed by atoms with E-state index in [1.807, 2.05) is 6.92 Å². The third kappa shape index (κ3) is 1.88. The summed E-state index contributed by atoms with van der Waals surface area (Å²) in [5.74, 6) is 0.578. The topological polar surface area (TPSA) is 24.7 Å². The lowest BCUT2D eigenvalue weighted by Crippen LogP contribution is -2.28. The maximum absolute atomic E-state index is 4.55. The zero-order valence-electron chi connectivity index (χ0n) is 7.76. The van der Waals surface area contributed by atoms with Gasteiger partial charge < -0.3 is 0 Å². The first-order valence-electron chi connectivity index (χ1n) is 4.15. The van der Waals surface area contributed by atoms with Gasteiger partial charge in [-0.25, -0.2) is 0 Å².